The molecule has 3 N–H and O–H groups in total. The van der Waals surface area contributed by atoms with E-state index in [-0.39, 0.29) is 18.0 Å². The maximum absolute atomic E-state index is 13.1. The van der Waals surface area contributed by atoms with Gasteiger partial charge in [-0.3, -0.25) is 9.59 Å². The van der Waals surface area contributed by atoms with E-state index in [9.17, 15) is 19.5 Å². The molecule has 0 heterocycles. The fourth-order valence-corrected chi connectivity index (χ4v) is 4.98. The molecule has 0 radical (unpaired) electrons. The second-order valence-electron chi connectivity index (χ2n) is 10.7. The Kier molecular flexibility index (Phi) is 12.1. The molecule has 7 nitrogen and oxygen atoms in total. The van der Waals surface area contributed by atoms with Gasteiger partial charge in [0.05, 0.1) is 0 Å². The molecule has 0 saturated heterocycles. The van der Waals surface area contributed by atoms with Crippen LogP contribution in [0.3, 0.4) is 0 Å². The smallest absolute Gasteiger partial charge is 0.326 e. The van der Waals surface area contributed by atoms with Gasteiger partial charge in [-0.1, -0.05) is 92.9 Å². The summed E-state index contributed by atoms with van der Waals surface area (Å²) in [4.78, 5) is 38.0. The van der Waals surface area contributed by atoms with Gasteiger partial charge in [-0.05, 0) is 48.4 Å². The third-order valence-corrected chi connectivity index (χ3v) is 7.37. The molecule has 7 heteroatoms. The second kappa shape index (κ2) is 16.7. The van der Waals surface area contributed by atoms with Crippen LogP contribution in [0.2, 0.25) is 0 Å². The van der Waals surface area contributed by atoms with Gasteiger partial charge in [0.25, 0.3) is 0 Å². The second-order valence-corrected chi connectivity index (χ2v) is 10.7. The van der Waals surface area contributed by atoms with Gasteiger partial charge in [-0.15, -0.1) is 0 Å². The minimum Gasteiger partial charge on any atom is -0.492 e. The highest BCUT2D eigenvalue weighted by Crippen LogP contribution is 2.22. The number of carbonyl (C=O) groups is 3. The molecule has 4 aromatic rings. The zero-order chi connectivity index (χ0) is 31.1. The molecule has 0 aliphatic heterocycles. The predicted octanol–water partition coefficient (Wildman–Crippen LogP) is 7.67. The summed E-state index contributed by atoms with van der Waals surface area (Å²) in [6, 6.07) is 29.8. The average Bonchev–Trinajstić information content (AvgIpc) is 3.06. The Morgan fingerprint density at radius 2 is 1.41 bits per heavy atom. The van der Waals surface area contributed by atoms with Crippen molar-refractivity contribution in [2.24, 2.45) is 0 Å². The lowest BCUT2D eigenvalue weighted by molar-refractivity contribution is -0.137. The summed E-state index contributed by atoms with van der Waals surface area (Å²) in [6.07, 6.45) is 5.04. The molecule has 4 aromatic carbocycles. The fourth-order valence-electron chi connectivity index (χ4n) is 4.98. The van der Waals surface area contributed by atoms with Crippen molar-refractivity contribution >= 4 is 28.9 Å². The molecule has 0 amide bonds. The highest BCUT2D eigenvalue weighted by atomic mass is 16.5. The molecule has 0 bridgehead atoms. The molecule has 0 aliphatic rings. The molecule has 228 valence electrons. The van der Waals surface area contributed by atoms with Crippen LogP contribution in [0.5, 0.6) is 5.75 Å². The van der Waals surface area contributed by atoms with Gasteiger partial charge in [0.15, 0.2) is 11.6 Å². The number of nitrogens with one attached hydrogen (secondary N) is 2. The first-order chi connectivity index (χ1) is 21.5. The van der Waals surface area contributed by atoms with Crippen LogP contribution in [-0.2, 0) is 11.2 Å². The van der Waals surface area contributed by atoms with Gasteiger partial charge in [-0.2, -0.15) is 0 Å². The number of rotatable bonds is 18. The third-order valence-electron chi connectivity index (χ3n) is 7.37. The Morgan fingerprint density at radius 3 is 2.11 bits per heavy atom. The minimum absolute atomic E-state index is 0.154. The molecule has 44 heavy (non-hydrogen) atoms. The molecule has 0 fully saturated rings. The molecular formula is C37H40N2O5. The van der Waals surface area contributed by atoms with E-state index in [0.717, 1.165) is 36.9 Å². The number of hydrogen-bond donors (Lipinski definition) is 3. The van der Waals surface area contributed by atoms with E-state index >= 15 is 0 Å². The van der Waals surface area contributed by atoms with Crippen molar-refractivity contribution in [3.8, 4) is 5.75 Å². The number of ether oxygens (including phenoxy) is 1. The summed E-state index contributed by atoms with van der Waals surface area (Å²) in [7, 11) is 0. The van der Waals surface area contributed by atoms with E-state index in [1.165, 1.54) is 0 Å². The van der Waals surface area contributed by atoms with Crippen molar-refractivity contribution in [2.75, 3.05) is 23.8 Å². The Morgan fingerprint density at radius 1 is 0.750 bits per heavy atom. The molecule has 1 unspecified atom stereocenters. The molecule has 0 aromatic heterocycles. The normalized spacial score (nSPS) is 11.4. The standard InChI is InChI=1S/C37H40N2O5/c1-2-3-4-8-19-35(40)30-15-9-11-17-32(30)38-24-25-44-29-22-20-27(21-23-29)26-34(37(42)43)39-33-18-12-10-16-31(33)36(41)28-13-6-5-7-14-28/h5-7,9-18,20-23,34,38-39H,2-4,8,19,24-26H2,1H3,(H,42,43). The van der Waals surface area contributed by atoms with Gasteiger partial charge in [0.1, 0.15) is 18.4 Å². The highest BCUT2D eigenvalue weighted by Gasteiger charge is 2.21. The molecule has 0 spiro atoms. The summed E-state index contributed by atoms with van der Waals surface area (Å²) < 4.78 is 5.89. The Bertz CT molecular complexity index is 1520. The first kappa shape index (κ1) is 32.0. The summed E-state index contributed by atoms with van der Waals surface area (Å²) in [5.41, 5.74) is 3.76. The molecule has 0 aliphatic carbocycles. The lowest BCUT2D eigenvalue weighted by Crippen LogP contribution is -2.32. The number of carboxylic acid groups (broad SMARTS) is 1. The SMILES string of the molecule is CCCCCCC(=O)c1ccccc1NCCOc1ccc(CC(Nc2ccccc2C(=O)c2ccccc2)C(=O)O)cc1. The van der Waals surface area contributed by atoms with Crippen molar-refractivity contribution in [2.45, 2.75) is 51.5 Å². The number of unbranched alkanes of at least 4 members (excludes halogenated alkanes) is 3. The monoisotopic (exact) mass is 592 g/mol. The zero-order valence-corrected chi connectivity index (χ0v) is 25.1. The van der Waals surface area contributed by atoms with Crippen LogP contribution < -0.4 is 15.4 Å². The van der Waals surface area contributed by atoms with Crippen molar-refractivity contribution in [1.29, 1.82) is 0 Å². The van der Waals surface area contributed by atoms with Crippen molar-refractivity contribution in [3.63, 3.8) is 0 Å². The maximum Gasteiger partial charge on any atom is 0.326 e. The van der Waals surface area contributed by atoms with Crippen molar-refractivity contribution in [1.82, 2.24) is 0 Å². The lowest BCUT2D eigenvalue weighted by Gasteiger charge is -2.18. The number of carbonyl (C=O) groups excluding carboxylic acids is 2. The van der Waals surface area contributed by atoms with Crippen molar-refractivity contribution < 1.29 is 24.2 Å². The van der Waals surface area contributed by atoms with Crippen LogP contribution in [0.4, 0.5) is 11.4 Å². The van der Waals surface area contributed by atoms with Crippen LogP contribution in [0.15, 0.2) is 103 Å². The largest absolute Gasteiger partial charge is 0.492 e. The Labute approximate surface area is 259 Å². The van der Waals surface area contributed by atoms with Gasteiger partial charge in [-0.25, -0.2) is 4.79 Å². The number of ketones is 2. The molecule has 0 saturated carbocycles. The molecule has 4 rings (SSSR count). The molecular weight excluding hydrogens is 552 g/mol. The number of carboxylic acids is 1. The highest BCUT2D eigenvalue weighted by molar-refractivity contribution is 6.12. The number of para-hydroxylation sites is 2. The van der Waals surface area contributed by atoms with Gasteiger partial charge in [0, 0.05) is 47.5 Å². The van der Waals surface area contributed by atoms with Gasteiger partial charge in [0.2, 0.25) is 0 Å². The first-order valence-electron chi connectivity index (χ1n) is 15.2. The Balaban J connectivity index is 1.30. The van der Waals surface area contributed by atoms with Crippen molar-refractivity contribution in [3.05, 3.63) is 125 Å². The fraction of sp³-hybridized carbons (Fsp3) is 0.270. The number of aliphatic carboxylic acids is 1. The summed E-state index contributed by atoms with van der Waals surface area (Å²) >= 11 is 0. The van der Waals surface area contributed by atoms with Gasteiger partial charge >= 0.3 is 5.97 Å². The van der Waals surface area contributed by atoms with Crippen LogP contribution in [-0.4, -0.2) is 41.8 Å². The minimum atomic E-state index is -1.02. The number of Topliss-reactive ketones (excluding diaryl/α,β-unsaturated/α-hetero) is 1. The van der Waals surface area contributed by atoms with Crippen LogP contribution >= 0.6 is 0 Å². The summed E-state index contributed by atoms with van der Waals surface area (Å²) in [5, 5.41) is 16.3. The number of anilines is 2. The van der Waals surface area contributed by atoms with E-state index < -0.39 is 12.0 Å². The van der Waals surface area contributed by atoms with E-state index in [1.807, 2.05) is 54.6 Å². The zero-order valence-electron chi connectivity index (χ0n) is 25.1. The van der Waals surface area contributed by atoms with Crippen LogP contribution in [0.1, 0.15) is 70.9 Å². The summed E-state index contributed by atoms with van der Waals surface area (Å²) in [5.74, 6) is -0.375. The van der Waals surface area contributed by atoms with E-state index in [4.69, 9.17) is 4.74 Å². The number of hydrogen-bond acceptors (Lipinski definition) is 6. The van der Waals surface area contributed by atoms with E-state index in [0.29, 0.717) is 47.7 Å². The maximum atomic E-state index is 13.1. The topological polar surface area (TPSA) is 105 Å². The lowest BCUT2D eigenvalue weighted by atomic mass is 10.00. The quantitative estimate of drug-likeness (QED) is 0.0804. The van der Waals surface area contributed by atoms with Crippen LogP contribution in [0, 0.1) is 0 Å². The van der Waals surface area contributed by atoms with E-state index in [2.05, 4.69) is 17.6 Å². The molecule has 1 atom stereocenters. The predicted molar refractivity (Wildman–Crippen MR) is 175 cm³/mol. The van der Waals surface area contributed by atoms with E-state index in [1.54, 1.807) is 48.5 Å². The third kappa shape index (κ3) is 9.30. The Hall–Kier alpha value is -4.91. The first-order valence-corrected chi connectivity index (χ1v) is 15.2. The average molecular weight is 593 g/mol. The van der Waals surface area contributed by atoms with Gasteiger partial charge < -0.3 is 20.5 Å². The summed E-state index contributed by atoms with van der Waals surface area (Å²) in [6.45, 7) is 3.07. The number of benzene rings is 4. The van der Waals surface area contributed by atoms with Crippen LogP contribution in [0.25, 0.3) is 0 Å².